The number of hydrogen-bond donors (Lipinski definition) is 1. The molecule has 1 aromatic carbocycles. The number of phenolic OH excluding ortho intramolecular Hbond substituents is 1. The standard InChI is InChI=1S/C22H38OS/c1-6-9-12-15-22(4,5)24-20-16-18(13-10-7-2)21(23)19(17-20)14-11-8-3/h16-17,23H,6-15H2,1-5H3. The number of thioether (sulfide) groups is 1. The highest BCUT2D eigenvalue weighted by molar-refractivity contribution is 8.00. The summed E-state index contributed by atoms with van der Waals surface area (Å²) in [4.78, 5) is 1.34. The summed E-state index contributed by atoms with van der Waals surface area (Å²) >= 11 is 1.99. The Kier molecular flexibility index (Phi) is 9.88. The molecule has 0 fully saturated rings. The Balaban J connectivity index is 2.94. The van der Waals surface area contributed by atoms with E-state index < -0.39 is 0 Å². The van der Waals surface area contributed by atoms with E-state index >= 15 is 0 Å². The lowest BCUT2D eigenvalue weighted by Gasteiger charge is -2.25. The number of aryl methyl sites for hydroxylation is 2. The fourth-order valence-corrected chi connectivity index (χ4v) is 4.36. The molecular weight excluding hydrogens is 312 g/mol. The molecule has 0 aromatic heterocycles. The van der Waals surface area contributed by atoms with Gasteiger partial charge in [0.1, 0.15) is 5.75 Å². The first-order chi connectivity index (χ1) is 11.4. The van der Waals surface area contributed by atoms with Gasteiger partial charge in [-0.25, -0.2) is 0 Å². The minimum absolute atomic E-state index is 0.260. The van der Waals surface area contributed by atoms with E-state index in [4.69, 9.17) is 0 Å². The second-order valence-electron chi connectivity index (χ2n) is 7.62. The Morgan fingerprint density at radius 1 is 0.833 bits per heavy atom. The summed E-state index contributed by atoms with van der Waals surface area (Å²) in [6.07, 6.45) is 11.8. The molecule has 1 nitrogen and oxygen atoms in total. The molecule has 0 aliphatic heterocycles. The lowest BCUT2D eigenvalue weighted by atomic mass is 10.0. The third-order valence-electron chi connectivity index (χ3n) is 4.62. The van der Waals surface area contributed by atoms with Crippen LogP contribution in [0.25, 0.3) is 0 Å². The number of aromatic hydroxyl groups is 1. The van der Waals surface area contributed by atoms with Gasteiger partial charge in [-0.3, -0.25) is 0 Å². The van der Waals surface area contributed by atoms with Crippen molar-refractivity contribution in [3.63, 3.8) is 0 Å². The number of hydrogen-bond acceptors (Lipinski definition) is 2. The van der Waals surface area contributed by atoms with Crippen molar-refractivity contribution in [2.24, 2.45) is 0 Å². The first-order valence-electron chi connectivity index (χ1n) is 9.97. The molecule has 0 amide bonds. The van der Waals surface area contributed by atoms with Crippen LogP contribution in [0.15, 0.2) is 17.0 Å². The summed E-state index contributed by atoms with van der Waals surface area (Å²) in [6.45, 7) is 11.4. The van der Waals surface area contributed by atoms with E-state index in [1.165, 1.54) is 43.4 Å². The second kappa shape index (κ2) is 11.1. The monoisotopic (exact) mass is 350 g/mol. The van der Waals surface area contributed by atoms with E-state index in [-0.39, 0.29) is 4.75 Å². The zero-order valence-corrected chi connectivity index (χ0v) is 17.4. The van der Waals surface area contributed by atoms with Crippen LogP contribution in [0.2, 0.25) is 0 Å². The summed E-state index contributed by atoms with van der Waals surface area (Å²) < 4.78 is 0.260. The van der Waals surface area contributed by atoms with E-state index in [0.717, 1.165) is 36.8 Å². The van der Waals surface area contributed by atoms with Crippen LogP contribution in [0.1, 0.15) is 97.1 Å². The minimum Gasteiger partial charge on any atom is -0.507 e. The van der Waals surface area contributed by atoms with E-state index in [9.17, 15) is 5.11 Å². The Morgan fingerprint density at radius 2 is 1.33 bits per heavy atom. The normalized spacial score (nSPS) is 11.9. The molecule has 0 spiro atoms. The van der Waals surface area contributed by atoms with E-state index in [2.05, 4.69) is 46.8 Å². The van der Waals surface area contributed by atoms with Crippen molar-refractivity contribution in [3.05, 3.63) is 23.3 Å². The van der Waals surface area contributed by atoms with Crippen molar-refractivity contribution < 1.29 is 5.11 Å². The van der Waals surface area contributed by atoms with Crippen molar-refractivity contribution in [2.75, 3.05) is 0 Å². The molecule has 0 heterocycles. The van der Waals surface area contributed by atoms with Gasteiger partial charge in [-0.1, -0.05) is 66.7 Å². The summed E-state index contributed by atoms with van der Waals surface area (Å²) in [5, 5.41) is 10.6. The number of rotatable bonds is 12. The molecule has 1 rings (SSSR count). The van der Waals surface area contributed by atoms with Crippen LogP contribution in [-0.2, 0) is 12.8 Å². The molecule has 0 saturated heterocycles. The minimum atomic E-state index is 0.260. The maximum Gasteiger partial charge on any atom is 0.122 e. The third kappa shape index (κ3) is 7.51. The van der Waals surface area contributed by atoms with E-state index in [1.807, 2.05) is 11.8 Å². The lowest BCUT2D eigenvalue weighted by Crippen LogP contribution is -2.14. The fourth-order valence-electron chi connectivity index (χ4n) is 3.07. The predicted octanol–water partition coefficient (Wildman–Crippen LogP) is 7.53. The molecule has 0 bridgehead atoms. The maximum absolute atomic E-state index is 10.6. The Morgan fingerprint density at radius 3 is 1.79 bits per heavy atom. The van der Waals surface area contributed by atoms with Gasteiger partial charge in [-0.15, -0.1) is 11.8 Å². The molecule has 0 atom stereocenters. The van der Waals surface area contributed by atoms with Gasteiger partial charge in [-0.2, -0.15) is 0 Å². The number of unbranched alkanes of at least 4 members (excludes halogenated alkanes) is 4. The van der Waals surface area contributed by atoms with Crippen LogP contribution in [0, 0.1) is 0 Å². The molecule has 0 saturated carbocycles. The van der Waals surface area contributed by atoms with Crippen molar-refractivity contribution >= 4 is 11.8 Å². The van der Waals surface area contributed by atoms with Gasteiger partial charge < -0.3 is 5.11 Å². The zero-order chi connectivity index (χ0) is 18.0. The number of phenols is 1. The van der Waals surface area contributed by atoms with E-state index in [0.29, 0.717) is 5.75 Å². The lowest BCUT2D eigenvalue weighted by molar-refractivity contribution is 0.458. The summed E-state index contributed by atoms with van der Waals surface area (Å²) in [5.74, 6) is 0.560. The van der Waals surface area contributed by atoms with Crippen molar-refractivity contribution in [1.82, 2.24) is 0 Å². The van der Waals surface area contributed by atoms with Crippen LogP contribution < -0.4 is 0 Å². The van der Waals surface area contributed by atoms with E-state index in [1.54, 1.807) is 0 Å². The predicted molar refractivity (Wildman–Crippen MR) is 109 cm³/mol. The molecule has 0 aliphatic carbocycles. The zero-order valence-electron chi connectivity index (χ0n) is 16.6. The van der Waals surface area contributed by atoms with Gasteiger partial charge in [0.05, 0.1) is 0 Å². The van der Waals surface area contributed by atoms with Gasteiger partial charge in [0, 0.05) is 9.64 Å². The van der Waals surface area contributed by atoms with Crippen molar-refractivity contribution in [2.45, 2.75) is 108 Å². The molecular formula is C22H38OS. The van der Waals surface area contributed by atoms with Gasteiger partial charge in [0.2, 0.25) is 0 Å². The highest BCUT2D eigenvalue weighted by Crippen LogP contribution is 2.40. The molecule has 0 radical (unpaired) electrons. The average molecular weight is 351 g/mol. The second-order valence-corrected chi connectivity index (χ2v) is 9.40. The molecule has 2 heteroatoms. The SMILES string of the molecule is CCCCCC(C)(C)Sc1cc(CCCC)c(O)c(CCCC)c1. The summed E-state index contributed by atoms with van der Waals surface area (Å²) in [7, 11) is 0. The smallest absolute Gasteiger partial charge is 0.122 e. The van der Waals surface area contributed by atoms with Crippen LogP contribution in [0.5, 0.6) is 5.75 Å². The van der Waals surface area contributed by atoms with Crippen LogP contribution >= 0.6 is 11.8 Å². The topological polar surface area (TPSA) is 20.2 Å². The van der Waals surface area contributed by atoms with Crippen molar-refractivity contribution in [3.8, 4) is 5.75 Å². The molecule has 24 heavy (non-hydrogen) atoms. The molecule has 138 valence electrons. The average Bonchev–Trinajstić information content (AvgIpc) is 2.53. The molecule has 1 aromatic rings. The van der Waals surface area contributed by atoms with Gasteiger partial charge >= 0.3 is 0 Å². The quantitative estimate of drug-likeness (QED) is 0.310. The molecule has 0 unspecified atom stereocenters. The Bertz CT molecular complexity index is 450. The third-order valence-corrected chi connectivity index (χ3v) is 5.85. The van der Waals surface area contributed by atoms with Gasteiger partial charge in [-0.05, 0) is 55.4 Å². The first-order valence-corrected chi connectivity index (χ1v) is 10.8. The van der Waals surface area contributed by atoms with Crippen LogP contribution in [0.3, 0.4) is 0 Å². The largest absolute Gasteiger partial charge is 0.507 e. The Hall–Kier alpha value is -0.630. The van der Waals surface area contributed by atoms with Crippen LogP contribution in [-0.4, -0.2) is 9.85 Å². The van der Waals surface area contributed by atoms with Gasteiger partial charge in [0.15, 0.2) is 0 Å². The summed E-state index contributed by atoms with van der Waals surface area (Å²) in [6, 6.07) is 4.49. The number of benzene rings is 1. The molecule has 1 N–H and O–H groups in total. The van der Waals surface area contributed by atoms with Crippen LogP contribution in [0.4, 0.5) is 0 Å². The fraction of sp³-hybridized carbons (Fsp3) is 0.727. The highest BCUT2D eigenvalue weighted by atomic mass is 32.2. The first kappa shape index (κ1) is 21.4. The Labute approximate surface area is 154 Å². The summed E-state index contributed by atoms with van der Waals surface area (Å²) in [5.41, 5.74) is 2.30. The van der Waals surface area contributed by atoms with Crippen molar-refractivity contribution in [1.29, 1.82) is 0 Å². The highest BCUT2D eigenvalue weighted by Gasteiger charge is 2.20. The van der Waals surface area contributed by atoms with Gasteiger partial charge in [0.25, 0.3) is 0 Å². The maximum atomic E-state index is 10.6. The molecule has 0 aliphatic rings.